The van der Waals surface area contributed by atoms with Crippen molar-refractivity contribution in [2.75, 3.05) is 38.4 Å². The first-order valence-electron chi connectivity index (χ1n) is 15.4. The van der Waals surface area contributed by atoms with Crippen LogP contribution in [0.25, 0.3) is 5.76 Å². The number of carbonyl (C=O) groups excluding carboxylic acids is 3. The van der Waals surface area contributed by atoms with E-state index in [1.807, 2.05) is 43.3 Å². The molecule has 2 fully saturated rings. The molecule has 0 aromatic heterocycles. The summed E-state index contributed by atoms with van der Waals surface area (Å²) in [6, 6.07) is 8.83. The van der Waals surface area contributed by atoms with Crippen LogP contribution >= 0.6 is 11.8 Å². The average Bonchev–Trinajstić information content (AvgIpc) is 2.94. The molecule has 3 aliphatic rings. The molecule has 2 aromatic rings. The molecule has 0 aliphatic heterocycles. The highest BCUT2D eigenvalue weighted by Crippen LogP contribution is 2.54. The molecule has 3 aliphatic carbocycles. The first-order valence-corrected chi connectivity index (χ1v) is 16.2. The number of Topliss-reactive ketones (excluding diaryl/α,β-unsaturated/α-hetero) is 2. The first kappa shape index (κ1) is 33.8. The molecule has 11 nitrogen and oxygen atoms in total. The summed E-state index contributed by atoms with van der Waals surface area (Å²) < 4.78 is -0.0197. The molecule has 0 bridgehead atoms. The Morgan fingerprint density at radius 3 is 2.37 bits per heavy atom. The van der Waals surface area contributed by atoms with E-state index in [0.29, 0.717) is 23.5 Å². The molecule has 3 unspecified atom stereocenters. The molecule has 0 saturated heterocycles. The van der Waals surface area contributed by atoms with Crippen LogP contribution in [0, 0.1) is 17.8 Å². The molecular formula is C34H44N4O7S. The number of likely N-dealkylation sites (N-methyl/N-ethyl adjacent to an activating group) is 1. The van der Waals surface area contributed by atoms with Gasteiger partial charge >= 0.3 is 0 Å². The molecule has 0 spiro atoms. The number of aromatic hydroxyl groups is 1. The van der Waals surface area contributed by atoms with Gasteiger partial charge in [-0.2, -0.15) is 0 Å². The van der Waals surface area contributed by atoms with Crippen molar-refractivity contribution in [3.8, 4) is 5.75 Å². The summed E-state index contributed by atoms with van der Waals surface area (Å²) in [4.78, 5) is 44.7. The van der Waals surface area contributed by atoms with Crippen LogP contribution < -0.4 is 16.0 Å². The summed E-state index contributed by atoms with van der Waals surface area (Å²) in [5.41, 5.74) is 5.33. The van der Waals surface area contributed by atoms with Crippen LogP contribution in [0.2, 0.25) is 0 Å². The van der Waals surface area contributed by atoms with E-state index < -0.39 is 58.7 Å². The topological polar surface area (TPSA) is 177 Å². The number of benzene rings is 2. The molecule has 248 valence electrons. The van der Waals surface area contributed by atoms with Crippen LogP contribution in [0.3, 0.4) is 0 Å². The third-order valence-electron chi connectivity index (χ3n) is 9.40. The number of thioether (sulfide) groups is 1. The van der Waals surface area contributed by atoms with Gasteiger partial charge in [0.25, 0.3) is 0 Å². The number of nitrogens with zero attached hydrogens (tertiary/aromatic N) is 2. The minimum atomic E-state index is -2.70. The minimum Gasteiger partial charge on any atom is -0.507 e. The van der Waals surface area contributed by atoms with Crippen LogP contribution in [0.5, 0.6) is 5.75 Å². The highest BCUT2D eigenvalue weighted by atomic mass is 32.2. The largest absolute Gasteiger partial charge is 0.507 e. The van der Waals surface area contributed by atoms with Crippen molar-refractivity contribution in [2.24, 2.45) is 23.5 Å². The lowest BCUT2D eigenvalue weighted by atomic mass is 9.54. The van der Waals surface area contributed by atoms with Crippen molar-refractivity contribution in [1.82, 2.24) is 4.90 Å². The number of hydrogen-bond acceptors (Lipinski definition) is 11. The summed E-state index contributed by atoms with van der Waals surface area (Å²) in [7, 11) is 6.94. The first-order chi connectivity index (χ1) is 21.4. The maximum absolute atomic E-state index is 14.2. The molecule has 2 saturated carbocycles. The molecule has 0 heterocycles. The number of fused-ring (bicyclic) bond motifs is 3. The van der Waals surface area contributed by atoms with Crippen LogP contribution in [0.1, 0.15) is 43.9 Å². The van der Waals surface area contributed by atoms with Crippen LogP contribution in [-0.2, 0) is 27.3 Å². The number of aliphatic hydroxyl groups excluding tert-OH is 2. The number of primary amides is 1. The van der Waals surface area contributed by atoms with Crippen molar-refractivity contribution in [3.05, 3.63) is 52.6 Å². The van der Waals surface area contributed by atoms with Gasteiger partial charge < -0.3 is 41.3 Å². The molecule has 5 rings (SSSR count). The maximum Gasteiger partial charge on any atom is 0.230 e. The monoisotopic (exact) mass is 652 g/mol. The van der Waals surface area contributed by atoms with Crippen LogP contribution in [0.4, 0.5) is 11.4 Å². The van der Waals surface area contributed by atoms with Gasteiger partial charge in [-0.3, -0.25) is 14.4 Å². The fourth-order valence-electron chi connectivity index (χ4n) is 7.46. The zero-order chi connectivity index (χ0) is 34.0. The smallest absolute Gasteiger partial charge is 0.230 e. The van der Waals surface area contributed by atoms with Crippen molar-refractivity contribution in [1.29, 1.82) is 0 Å². The lowest BCUT2D eigenvalue weighted by Crippen LogP contribution is -2.73. The molecule has 12 heteroatoms. The van der Waals surface area contributed by atoms with E-state index in [4.69, 9.17) is 5.73 Å². The number of nitrogens with two attached hydrogens (primary N) is 1. The highest BCUT2D eigenvalue weighted by Gasteiger charge is 2.67. The number of aliphatic hydroxyl groups is 3. The fourth-order valence-corrected chi connectivity index (χ4v) is 8.53. The fraction of sp³-hybridized carbons (Fsp3) is 0.500. The second-order valence-corrected chi connectivity index (χ2v) is 15.9. The predicted molar refractivity (Wildman–Crippen MR) is 178 cm³/mol. The van der Waals surface area contributed by atoms with Gasteiger partial charge in [-0.15, -0.1) is 11.8 Å². The second kappa shape index (κ2) is 11.9. The van der Waals surface area contributed by atoms with Gasteiger partial charge in [-0.05, 0) is 56.1 Å². The average molecular weight is 653 g/mol. The van der Waals surface area contributed by atoms with Gasteiger partial charge in [-0.25, -0.2) is 0 Å². The van der Waals surface area contributed by atoms with Crippen molar-refractivity contribution in [3.63, 3.8) is 0 Å². The van der Waals surface area contributed by atoms with Gasteiger partial charge in [-0.1, -0.05) is 39.0 Å². The molecule has 1 amide bonds. The Hall–Kier alpha value is -3.58. The number of carbonyl (C=O) groups is 3. The Kier molecular flexibility index (Phi) is 8.73. The zero-order valence-corrected chi connectivity index (χ0v) is 28.1. The lowest BCUT2D eigenvalue weighted by Gasteiger charge is -2.53. The summed E-state index contributed by atoms with van der Waals surface area (Å²) in [5, 5.41) is 49.7. The molecular weight excluding hydrogens is 608 g/mol. The SMILES string of the molecule is CN(C)c1cc(NCc2ccccc2SC(C)(C)C)c(O)c2c1C[C@H]1C[C@H]3C(N(C)C)C(O)C(C(N)=O)C(=O)[C@@]3(O)C(=O)C1=C2O. The number of nitrogens with one attached hydrogen (secondary N) is 1. The Labute approximate surface area is 273 Å². The number of ketones is 2. The van der Waals surface area contributed by atoms with Gasteiger partial charge in [0.2, 0.25) is 11.7 Å². The summed E-state index contributed by atoms with van der Waals surface area (Å²) in [6.45, 7) is 6.77. The second-order valence-electron chi connectivity index (χ2n) is 14.0. The van der Waals surface area contributed by atoms with E-state index in [1.165, 1.54) is 0 Å². The van der Waals surface area contributed by atoms with E-state index in [-0.39, 0.29) is 34.5 Å². The summed E-state index contributed by atoms with van der Waals surface area (Å²) in [6.07, 6.45) is -1.24. The van der Waals surface area contributed by atoms with Crippen molar-refractivity contribution < 1.29 is 34.8 Å². The summed E-state index contributed by atoms with van der Waals surface area (Å²) >= 11 is 1.73. The predicted octanol–water partition coefficient (Wildman–Crippen LogP) is 2.70. The van der Waals surface area contributed by atoms with E-state index in [2.05, 4.69) is 26.1 Å². The number of phenols is 1. The minimum absolute atomic E-state index is 0.0197. The van der Waals surface area contributed by atoms with Gasteiger partial charge in [0.05, 0.1) is 17.4 Å². The molecule has 7 N–H and O–H groups in total. The highest BCUT2D eigenvalue weighted by molar-refractivity contribution is 8.00. The van der Waals surface area contributed by atoms with Gasteiger partial charge in [0.15, 0.2) is 11.4 Å². The van der Waals surface area contributed by atoms with E-state index in [1.54, 1.807) is 36.8 Å². The normalized spacial score (nSPS) is 27.7. The zero-order valence-electron chi connectivity index (χ0n) is 27.3. The number of anilines is 2. The Balaban J connectivity index is 1.60. The standard InChI is InChI=1S/C34H44N4O7S/c1-33(2,3)46-22-11-9-8-10-16(22)15-36-20-14-21(37(4)5)18-12-17-13-19-26(38(6)7)29(41)25(32(35)44)31(43)34(19,45)30(42)23(17)28(40)24(18)27(20)39/h8-11,14,17,19,25-26,29,36,39-41,45H,12-13,15H2,1-7H3,(H2,35,44)/t17-,19-,25?,26?,29?,34-/m0/s1. The molecule has 0 radical (unpaired) electrons. The molecule has 2 aromatic carbocycles. The van der Waals surface area contributed by atoms with Gasteiger partial charge in [0, 0.05) is 53.5 Å². The van der Waals surface area contributed by atoms with Crippen LogP contribution in [0.15, 0.2) is 40.8 Å². The summed E-state index contributed by atoms with van der Waals surface area (Å²) in [5.74, 6) is -7.66. The van der Waals surface area contributed by atoms with E-state index in [9.17, 15) is 34.8 Å². The molecule has 6 atom stereocenters. The van der Waals surface area contributed by atoms with Crippen molar-refractivity contribution in [2.45, 2.75) is 67.5 Å². The van der Waals surface area contributed by atoms with Crippen molar-refractivity contribution >= 4 is 46.4 Å². The number of amides is 1. The number of rotatable bonds is 7. The van der Waals surface area contributed by atoms with E-state index >= 15 is 0 Å². The third kappa shape index (κ3) is 5.44. The number of hydrogen-bond donors (Lipinski definition) is 6. The van der Waals surface area contributed by atoms with Crippen LogP contribution in [-0.4, -0.2) is 93.5 Å². The number of phenolic OH excluding ortho intramolecular Hbond substituents is 1. The Morgan fingerprint density at radius 1 is 1.13 bits per heavy atom. The lowest BCUT2D eigenvalue weighted by molar-refractivity contribution is -0.184. The van der Waals surface area contributed by atoms with E-state index in [0.717, 1.165) is 10.5 Å². The quantitative estimate of drug-likeness (QED) is 0.147. The Morgan fingerprint density at radius 2 is 1.78 bits per heavy atom. The van der Waals surface area contributed by atoms with Gasteiger partial charge in [0.1, 0.15) is 17.4 Å². The molecule has 46 heavy (non-hydrogen) atoms. The third-order valence-corrected chi connectivity index (χ3v) is 10.6. The maximum atomic E-state index is 14.2. The Bertz CT molecular complexity index is 1630.